The van der Waals surface area contributed by atoms with Crippen LogP contribution in [-0.2, 0) is 22.6 Å². The van der Waals surface area contributed by atoms with Crippen LogP contribution in [0.4, 0.5) is 0 Å². The van der Waals surface area contributed by atoms with Crippen LogP contribution in [0.15, 0.2) is 30.6 Å². The Morgan fingerprint density at radius 2 is 1.90 bits per heavy atom. The first kappa shape index (κ1) is 21.1. The fraction of sp³-hybridized carbons (Fsp3) is 0.478. The highest BCUT2D eigenvalue weighted by molar-refractivity contribution is 6.06. The van der Waals surface area contributed by atoms with Crippen molar-refractivity contribution >= 4 is 17.8 Å². The number of nitrogens with one attached hydrogen (secondary N) is 1. The van der Waals surface area contributed by atoms with E-state index >= 15 is 0 Å². The summed E-state index contributed by atoms with van der Waals surface area (Å²) >= 11 is 0. The number of hydrogen-bond donors (Lipinski definition) is 1. The van der Waals surface area contributed by atoms with Gasteiger partial charge in [-0.15, -0.1) is 0 Å². The first-order valence-electron chi connectivity index (χ1n) is 10.7. The predicted octanol–water partition coefficient (Wildman–Crippen LogP) is 2.45. The van der Waals surface area contributed by atoms with Crippen molar-refractivity contribution < 1.29 is 19.1 Å². The average Bonchev–Trinajstić information content (AvgIpc) is 3.41. The van der Waals surface area contributed by atoms with Crippen LogP contribution < -0.4 is 5.32 Å². The minimum atomic E-state index is -1.12. The number of rotatable bonds is 5. The Kier molecular flexibility index (Phi) is 5.56. The molecule has 4 rings (SSSR count). The van der Waals surface area contributed by atoms with Gasteiger partial charge in [0.25, 0.3) is 5.91 Å². The largest absolute Gasteiger partial charge is 0.464 e. The highest BCUT2D eigenvalue weighted by Crippen LogP contribution is 2.31. The van der Waals surface area contributed by atoms with Gasteiger partial charge in [-0.2, -0.15) is 0 Å². The molecule has 0 saturated heterocycles. The van der Waals surface area contributed by atoms with Crippen LogP contribution in [0.2, 0.25) is 0 Å². The number of imidazole rings is 1. The van der Waals surface area contributed by atoms with Gasteiger partial charge in [0.05, 0.1) is 20.0 Å². The van der Waals surface area contributed by atoms with E-state index in [0.717, 1.165) is 36.8 Å². The topological polar surface area (TPSA) is 93.5 Å². The van der Waals surface area contributed by atoms with Gasteiger partial charge in [0.2, 0.25) is 5.91 Å². The molecule has 2 aliphatic rings. The molecule has 1 atom stereocenters. The summed E-state index contributed by atoms with van der Waals surface area (Å²) in [6.07, 6.45) is 5.54. The van der Waals surface area contributed by atoms with Crippen molar-refractivity contribution in [1.82, 2.24) is 19.8 Å². The Bertz CT molecular complexity index is 1010. The lowest BCUT2D eigenvalue weighted by molar-refractivity contribution is -0.134. The third kappa shape index (κ3) is 3.82. The third-order valence-corrected chi connectivity index (χ3v) is 6.38. The molecule has 8 heteroatoms. The van der Waals surface area contributed by atoms with Crippen LogP contribution in [0.1, 0.15) is 64.7 Å². The number of amides is 2. The van der Waals surface area contributed by atoms with Crippen LogP contribution in [0, 0.1) is 6.92 Å². The van der Waals surface area contributed by atoms with Crippen molar-refractivity contribution in [3.8, 4) is 0 Å². The molecule has 1 aromatic carbocycles. The zero-order valence-electron chi connectivity index (χ0n) is 18.2. The van der Waals surface area contributed by atoms with Crippen LogP contribution in [-0.4, -0.2) is 50.9 Å². The quantitative estimate of drug-likeness (QED) is 0.744. The van der Waals surface area contributed by atoms with E-state index in [1.807, 2.05) is 31.2 Å². The predicted molar refractivity (Wildman–Crippen MR) is 113 cm³/mol. The zero-order chi connectivity index (χ0) is 22.2. The summed E-state index contributed by atoms with van der Waals surface area (Å²) in [4.78, 5) is 44.9. The van der Waals surface area contributed by atoms with Crippen molar-refractivity contribution in [1.29, 1.82) is 0 Å². The van der Waals surface area contributed by atoms with Crippen LogP contribution in [0.25, 0.3) is 0 Å². The molecule has 1 aliphatic carbocycles. The lowest BCUT2D eigenvalue weighted by atomic mass is 9.93. The van der Waals surface area contributed by atoms with E-state index in [1.165, 1.54) is 13.4 Å². The molecule has 2 aromatic rings. The number of esters is 1. The Morgan fingerprint density at radius 1 is 1.23 bits per heavy atom. The van der Waals surface area contributed by atoms with Gasteiger partial charge in [-0.1, -0.05) is 42.7 Å². The standard InChI is InChI=1S/C23H28N4O4/c1-15-8-10-16(11-9-15)12-27-20(28)19-18(21(29)31-3)24-14-26(19)13-23(27,2)22(30)25-17-6-4-5-7-17/h8-11,14,17H,4-7,12-13H2,1-3H3,(H,25,30). The number of nitrogens with zero attached hydrogens (tertiary/aromatic N) is 3. The van der Waals surface area contributed by atoms with E-state index in [2.05, 4.69) is 10.3 Å². The summed E-state index contributed by atoms with van der Waals surface area (Å²) in [6.45, 7) is 4.24. The lowest BCUT2D eigenvalue weighted by Gasteiger charge is -2.44. The zero-order valence-corrected chi connectivity index (χ0v) is 18.2. The second-order valence-electron chi connectivity index (χ2n) is 8.67. The van der Waals surface area contributed by atoms with E-state index in [9.17, 15) is 14.4 Å². The summed E-state index contributed by atoms with van der Waals surface area (Å²) in [7, 11) is 1.25. The van der Waals surface area contributed by atoms with Gasteiger partial charge in [-0.25, -0.2) is 9.78 Å². The molecule has 1 aromatic heterocycles. The van der Waals surface area contributed by atoms with Crippen LogP contribution in [0.3, 0.4) is 0 Å². The van der Waals surface area contributed by atoms with Gasteiger partial charge in [-0.05, 0) is 32.3 Å². The number of carbonyl (C=O) groups excluding carboxylic acids is 3. The van der Waals surface area contributed by atoms with Gasteiger partial charge in [-0.3, -0.25) is 9.59 Å². The number of methoxy groups -OCH3 is 1. The van der Waals surface area contributed by atoms with Crippen LogP contribution >= 0.6 is 0 Å². The maximum Gasteiger partial charge on any atom is 0.359 e. The van der Waals surface area contributed by atoms with Crippen LogP contribution in [0.5, 0.6) is 0 Å². The number of aryl methyl sites for hydroxylation is 1. The summed E-state index contributed by atoms with van der Waals surface area (Å²) < 4.78 is 6.39. The van der Waals surface area contributed by atoms with Gasteiger partial charge < -0.3 is 19.5 Å². The van der Waals surface area contributed by atoms with Crippen molar-refractivity contribution in [3.63, 3.8) is 0 Å². The Hall–Kier alpha value is -3.16. The number of aromatic nitrogens is 2. The molecular weight excluding hydrogens is 396 g/mol. The highest BCUT2D eigenvalue weighted by Gasteiger charge is 2.49. The fourth-order valence-corrected chi connectivity index (χ4v) is 4.47. The second-order valence-corrected chi connectivity index (χ2v) is 8.67. The van der Waals surface area contributed by atoms with E-state index in [4.69, 9.17) is 4.74 Å². The van der Waals surface area contributed by atoms with E-state index in [-0.39, 0.29) is 36.4 Å². The number of carbonyl (C=O) groups is 3. The average molecular weight is 425 g/mol. The highest BCUT2D eigenvalue weighted by atomic mass is 16.5. The molecule has 31 heavy (non-hydrogen) atoms. The molecule has 1 saturated carbocycles. The van der Waals surface area contributed by atoms with Crippen molar-refractivity contribution in [3.05, 3.63) is 53.1 Å². The SMILES string of the molecule is COC(=O)c1ncn2c1C(=O)N(Cc1ccc(C)cc1)C(C)(C(=O)NC1CCCC1)C2. The molecule has 2 amide bonds. The first-order valence-corrected chi connectivity index (χ1v) is 10.7. The van der Waals surface area contributed by atoms with Gasteiger partial charge in [0, 0.05) is 12.6 Å². The number of fused-ring (bicyclic) bond motifs is 1. The molecule has 0 bridgehead atoms. The maximum atomic E-state index is 13.6. The molecule has 8 nitrogen and oxygen atoms in total. The van der Waals surface area contributed by atoms with Gasteiger partial charge >= 0.3 is 5.97 Å². The minimum Gasteiger partial charge on any atom is -0.464 e. The fourth-order valence-electron chi connectivity index (χ4n) is 4.47. The molecule has 164 valence electrons. The molecule has 0 radical (unpaired) electrons. The minimum absolute atomic E-state index is 0.0281. The van der Waals surface area contributed by atoms with Gasteiger partial charge in [0.1, 0.15) is 11.2 Å². The Morgan fingerprint density at radius 3 is 2.55 bits per heavy atom. The monoisotopic (exact) mass is 424 g/mol. The van der Waals surface area contributed by atoms with E-state index < -0.39 is 17.4 Å². The Labute approximate surface area is 181 Å². The Balaban J connectivity index is 1.72. The number of hydrogen-bond acceptors (Lipinski definition) is 5. The molecule has 1 unspecified atom stereocenters. The van der Waals surface area contributed by atoms with Crippen molar-refractivity contribution in [2.24, 2.45) is 0 Å². The van der Waals surface area contributed by atoms with E-state index in [1.54, 1.807) is 16.4 Å². The number of benzene rings is 1. The molecule has 0 spiro atoms. The van der Waals surface area contributed by atoms with Crippen molar-refractivity contribution in [2.75, 3.05) is 7.11 Å². The molecule has 2 heterocycles. The van der Waals surface area contributed by atoms with Gasteiger partial charge in [0.15, 0.2) is 5.69 Å². The maximum absolute atomic E-state index is 13.6. The number of ether oxygens (including phenoxy) is 1. The molecular formula is C23H28N4O4. The molecule has 1 N–H and O–H groups in total. The van der Waals surface area contributed by atoms with Crippen molar-refractivity contribution in [2.45, 2.75) is 64.2 Å². The first-order chi connectivity index (χ1) is 14.8. The van der Waals surface area contributed by atoms with E-state index in [0.29, 0.717) is 0 Å². The summed E-state index contributed by atoms with van der Waals surface area (Å²) in [5.74, 6) is -1.26. The third-order valence-electron chi connectivity index (χ3n) is 6.38. The molecule has 1 aliphatic heterocycles. The normalized spacial score (nSPS) is 21.1. The summed E-state index contributed by atoms with van der Waals surface area (Å²) in [5, 5.41) is 3.15. The summed E-state index contributed by atoms with van der Waals surface area (Å²) in [5.41, 5.74) is 1.03. The molecule has 1 fully saturated rings. The summed E-state index contributed by atoms with van der Waals surface area (Å²) in [6, 6.07) is 7.99. The second kappa shape index (κ2) is 8.17. The lowest BCUT2D eigenvalue weighted by Crippen LogP contribution is -2.64. The smallest absolute Gasteiger partial charge is 0.359 e.